The molecule has 0 unspecified atom stereocenters. The van der Waals surface area contributed by atoms with E-state index in [0.717, 1.165) is 27.6 Å². The molecule has 0 radical (unpaired) electrons. The minimum Gasteiger partial charge on any atom is -0.465 e. The number of hydrogen-bond acceptors (Lipinski definition) is 4. The van der Waals surface area contributed by atoms with Gasteiger partial charge < -0.3 is 4.74 Å². The van der Waals surface area contributed by atoms with Crippen LogP contribution in [0.3, 0.4) is 0 Å². The van der Waals surface area contributed by atoms with Gasteiger partial charge in [0.15, 0.2) is 11.8 Å². The average Bonchev–Trinajstić information content (AvgIpc) is 2.44. The van der Waals surface area contributed by atoms with Crippen molar-refractivity contribution in [3.8, 4) is 11.7 Å². The zero-order valence-corrected chi connectivity index (χ0v) is 14.1. The predicted octanol–water partition coefficient (Wildman–Crippen LogP) is 4.10. The van der Waals surface area contributed by atoms with E-state index < -0.39 is 0 Å². The van der Waals surface area contributed by atoms with Crippen LogP contribution in [0.4, 0.5) is 0 Å². The molecule has 0 aliphatic rings. The van der Waals surface area contributed by atoms with Crippen LogP contribution < -0.4 is 4.74 Å². The van der Waals surface area contributed by atoms with E-state index in [2.05, 4.69) is 21.0 Å². The van der Waals surface area contributed by atoms with Gasteiger partial charge >= 0.3 is 6.01 Å². The number of rotatable bonds is 2. The lowest BCUT2D eigenvalue weighted by Crippen LogP contribution is -2.06. The molecule has 2 aromatic rings. The fraction of sp³-hybridized carbons (Fsp3) is 0.417. The van der Waals surface area contributed by atoms with Crippen LogP contribution in [0.2, 0.25) is 0 Å². The van der Waals surface area contributed by atoms with Crippen LogP contribution in [0, 0.1) is 6.92 Å². The first-order valence-electron chi connectivity index (χ1n) is 5.89. The highest BCUT2D eigenvalue weighted by atomic mass is 79.9. The van der Waals surface area contributed by atoms with Gasteiger partial charge in [0.1, 0.15) is 0 Å². The fourth-order valence-corrected chi connectivity index (χ4v) is 2.06. The van der Waals surface area contributed by atoms with E-state index in [1.165, 1.54) is 4.74 Å². The minimum atomic E-state index is 0.391. The van der Waals surface area contributed by atoms with Crippen molar-refractivity contribution in [2.24, 2.45) is 7.05 Å². The third-order valence-corrected chi connectivity index (χ3v) is 3.56. The van der Waals surface area contributed by atoms with Crippen molar-refractivity contribution in [2.75, 3.05) is 7.11 Å². The Balaban J connectivity index is 0.000000861. The van der Waals surface area contributed by atoms with Crippen LogP contribution in [0.5, 0.6) is 6.01 Å². The number of aromatic nitrogens is 3. The lowest BCUT2D eigenvalue weighted by atomic mass is 10.2. The van der Waals surface area contributed by atoms with Gasteiger partial charge in [-0.25, -0.2) is 0 Å². The number of ether oxygens (including phenoxy) is 1. The van der Waals surface area contributed by atoms with Gasteiger partial charge in [0, 0.05) is 11.5 Å². The van der Waals surface area contributed by atoms with Gasteiger partial charge in [0.2, 0.25) is 0 Å². The smallest absolute Gasteiger partial charge is 0.350 e. The number of methoxy groups -OCH3 is 1. The van der Waals surface area contributed by atoms with E-state index in [4.69, 9.17) is 8.69 Å². The molecule has 0 atom stereocenters. The number of nitrogens with zero attached hydrogens (tertiary/aromatic N) is 3. The second-order valence-corrected chi connectivity index (χ2v) is 5.11. The Morgan fingerprint density at radius 2 is 2.05 bits per heavy atom. The van der Waals surface area contributed by atoms with Crippen LogP contribution in [-0.2, 0) is 7.05 Å². The monoisotopic (exact) mass is 347 g/mol. The third kappa shape index (κ3) is 3.87. The van der Waals surface area contributed by atoms with Crippen molar-refractivity contribution in [1.29, 1.82) is 0 Å². The molecule has 0 saturated carbocycles. The molecule has 0 aliphatic carbocycles. The molecule has 1 aromatic heterocycles. The number of halogens is 1. The van der Waals surface area contributed by atoms with Crippen LogP contribution in [0.1, 0.15) is 19.4 Å². The highest BCUT2D eigenvalue weighted by Crippen LogP contribution is 2.22. The van der Waals surface area contributed by atoms with Crippen molar-refractivity contribution in [1.82, 2.24) is 13.9 Å². The minimum absolute atomic E-state index is 0.391. The molecule has 19 heavy (non-hydrogen) atoms. The quantitative estimate of drug-likeness (QED) is 0.821. The van der Waals surface area contributed by atoms with Crippen molar-refractivity contribution in [2.45, 2.75) is 20.8 Å². The normalized spacial score (nSPS) is 9.58. The molecule has 0 spiro atoms. The number of hydrogen-bond donors (Lipinski definition) is 0. The number of aryl methyl sites for hydroxylation is 2. The van der Waals surface area contributed by atoms with Crippen LogP contribution >= 0.6 is 27.8 Å². The van der Waals surface area contributed by atoms with E-state index >= 15 is 0 Å². The first-order chi connectivity index (χ1) is 9.11. The SMILES string of the molecule is CC.COc1nn(C)son1-c1ccc(C)c(Br)c1. The molecule has 5 nitrogen and oxygen atoms in total. The van der Waals surface area contributed by atoms with Crippen molar-refractivity contribution < 1.29 is 8.69 Å². The maximum absolute atomic E-state index is 5.47. The molecule has 0 aliphatic heterocycles. The van der Waals surface area contributed by atoms with E-state index in [9.17, 15) is 0 Å². The second kappa shape index (κ2) is 7.40. The fourth-order valence-electron chi connectivity index (χ4n) is 1.28. The van der Waals surface area contributed by atoms with E-state index in [0.29, 0.717) is 6.01 Å². The molecule has 0 amide bonds. The molecule has 0 fully saturated rings. The highest BCUT2D eigenvalue weighted by Gasteiger charge is 2.08. The summed E-state index contributed by atoms with van der Waals surface area (Å²) in [6, 6.07) is 6.29. The second-order valence-electron chi connectivity index (χ2n) is 3.43. The van der Waals surface area contributed by atoms with Gasteiger partial charge in [-0.3, -0.25) is 3.96 Å². The molecule has 106 valence electrons. The molecular formula is C12H18BrN3O2S. The summed E-state index contributed by atoms with van der Waals surface area (Å²) >= 11 is 4.61. The Kier molecular flexibility index (Phi) is 6.17. The Labute approximate surface area is 125 Å². The van der Waals surface area contributed by atoms with Crippen molar-refractivity contribution >= 4 is 27.8 Å². The van der Waals surface area contributed by atoms with E-state index in [1.54, 1.807) is 18.2 Å². The zero-order chi connectivity index (χ0) is 14.4. The van der Waals surface area contributed by atoms with E-state index in [-0.39, 0.29) is 0 Å². The van der Waals surface area contributed by atoms with Crippen LogP contribution in [0.25, 0.3) is 5.69 Å². The molecule has 0 saturated heterocycles. The summed E-state index contributed by atoms with van der Waals surface area (Å²) in [7, 11) is 3.34. The summed E-state index contributed by atoms with van der Waals surface area (Å²) in [6.45, 7) is 6.03. The molecule has 0 bridgehead atoms. The molecule has 1 heterocycles. The van der Waals surface area contributed by atoms with Crippen molar-refractivity contribution in [3.63, 3.8) is 0 Å². The number of benzene rings is 1. The molecule has 7 heteroatoms. The lowest BCUT2D eigenvalue weighted by Gasteiger charge is -2.10. The third-order valence-electron chi connectivity index (χ3n) is 2.19. The summed E-state index contributed by atoms with van der Waals surface area (Å²) in [4.78, 5) is 0. The van der Waals surface area contributed by atoms with Crippen LogP contribution in [0.15, 0.2) is 26.6 Å². The summed E-state index contributed by atoms with van der Waals surface area (Å²) in [6.07, 6.45) is 0. The van der Waals surface area contributed by atoms with Crippen molar-refractivity contribution in [3.05, 3.63) is 28.2 Å². The zero-order valence-electron chi connectivity index (χ0n) is 11.7. The van der Waals surface area contributed by atoms with Gasteiger partial charge in [0.25, 0.3) is 0 Å². The maximum Gasteiger partial charge on any atom is 0.350 e. The summed E-state index contributed by atoms with van der Waals surface area (Å²) in [5, 5.41) is 4.19. The molecule has 1 aromatic carbocycles. The molecule has 2 rings (SSSR count). The Morgan fingerprint density at radius 3 is 2.63 bits per heavy atom. The first kappa shape index (κ1) is 15.8. The topological polar surface area (TPSA) is 45.1 Å². The average molecular weight is 348 g/mol. The standard InChI is InChI=1S/C10H12BrN3O2S.C2H6/c1-7-4-5-8(6-9(7)11)14-10(15-3)12-13(2)17-16-14;1-2/h4-6H,1-3H3;1-2H3. The predicted molar refractivity (Wildman–Crippen MR) is 80.6 cm³/mol. The Hall–Kier alpha value is -1.21. The Morgan fingerprint density at radius 1 is 1.37 bits per heavy atom. The first-order valence-corrected chi connectivity index (χ1v) is 7.38. The van der Waals surface area contributed by atoms with Gasteiger partial charge in [-0.2, -0.15) is 4.07 Å². The summed E-state index contributed by atoms with van der Waals surface area (Å²) < 4.78 is 14.8. The summed E-state index contributed by atoms with van der Waals surface area (Å²) in [5.74, 6) is 0. The van der Waals surface area contributed by atoms with Gasteiger partial charge in [-0.05, 0) is 24.6 Å². The lowest BCUT2D eigenvalue weighted by molar-refractivity contribution is 0.274. The largest absolute Gasteiger partial charge is 0.465 e. The summed E-state index contributed by atoms with van der Waals surface area (Å²) in [5.41, 5.74) is 2.01. The van der Waals surface area contributed by atoms with Gasteiger partial charge in [-0.15, -0.1) is 9.84 Å². The molecular weight excluding hydrogens is 330 g/mol. The van der Waals surface area contributed by atoms with Gasteiger partial charge in [-0.1, -0.05) is 35.8 Å². The van der Waals surface area contributed by atoms with Gasteiger partial charge in [0.05, 0.1) is 12.8 Å². The highest BCUT2D eigenvalue weighted by molar-refractivity contribution is 9.10. The van der Waals surface area contributed by atoms with E-state index in [1.807, 2.05) is 39.0 Å². The molecule has 0 N–H and O–H groups in total. The van der Waals surface area contributed by atoms with Crippen LogP contribution in [-0.4, -0.2) is 21.0 Å². The Bertz CT molecular complexity index is 567. The maximum atomic E-state index is 5.47.